The van der Waals surface area contributed by atoms with Crippen LogP contribution in [0, 0.1) is 5.92 Å². The molecule has 0 aromatic rings. The Kier molecular flexibility index (Phi) is 8.89. The van der Waals surface area contributed by atoms with E-state index in [4.69, 9.17) is 4.74 Å². The fourth-order valence-electron chi connectivity index (χ4n) is 2.22. The predicted octanol–water partition coefficient (Wildman–Crippen LogP) is 4.00. The van der Waals surface area contributed by atoms with Crippen molar-refractivity contribution in [2.24, 2.45) is 5.92 Å². The van der Waals surface area contributed by atoms with Gasteiger partial charge in [-0.3, -0.25) is 0 Å². The van der Waals surface area contributed by atoms with Gasteiger partial charge >= 0.3 is 0 Å². The Morgan fingerprint density at radius 1 is 1.12 bits per heavy atom. The minimum atomic E-state index is -0.0547. The molecule has 0 aromatic carbocycles. The third-order valence-electron chi connectivity index (χ3n) is 3.27. The second-order valence-electron chi connectivity index (χ2n) is 5.87. The van der Waals surface area contributed by atoms with Crippen LogP contribution >= 0.6 is 0 Å². The number of hydrogen-bond donors (Lipinski definition) is 1. The second-order valence-corrected chi connectivity index (χ2v) is 5.87. The zero-order chi connectivity index (χ0) is 13.3. The van der Waals surface area contributed by atoms with E-state index in [-0.39, 0.29) is 5.60 Å². The van der Waals surface area contributed by atoms with E-state index in [9.17, 15) is 0 Å². The summed E-state index contributed by atoms with van der Waals surface area (Å²) < 4.78 is 5.88. The molecular formula is C15H33NO. The topological polar surface area (TPSA) is 21.3 Å². The highest BCUT2D eigenvalue weighted by Crippen LogP contribution is 2.21. The summed E-state index contributed by atoms with van der Waals surface area (Å²) in [5.74, 6) is 0.803. The van der Waals surface area contributed by atoms with Crippen molar-refractivity contribution < 1.29 is 4.74 Å². The van der Waals surface area contributed by atoms with Gasteiger partial charge in [0.2, 0.25) is 0 Å². The van der Waals surface area contributed by atoms with Gasteiger partial charge in [-0.05, 0) is 46.1 Å². The lowest BCUT2D eigenvalue weighted by molar-refractivity contribution is -0.0406. The highest BCUT2D eigenvalue weighted by atomic mass is 16.5. The molecule has 0 heterocycles. The Labute approximate surface area is 109 Å². The number of nitrogens with one attached hydrogen (secondary N) is 1. The number of ether oxygens (including phenoxy) is 1. The molecular weight excluding hydrogens is 210 g/mol. The lowest BCUT2D eigenvalue weighted by Crippen LogP contribution is -2.48. The van der Waals surface area contributed by atoms with Gasteiger partial charge in [-0.2, -0.15) is 0 Å². The first kappa shape index (κ1) is 16.9. The van der Waals surface area contributed by atoms with E-state index in [1.165, 1.54) is 25.7 Å². The summed E-state index contributed by atoms with van der Waals surface area (Å²) in [5, 5.41) is 3.64. The van der Waals surface area contributed by atoms with Crippen LogP contribution in [0.1, 0.15) is 67.2 Å². The quantitative estimate of drug-likeness (QED) is 0.626. The van der Waals surface area contributed by atoms with Crippen LogP contribution in [0.15, 0.2) is 0 Å². The molecule has 0 bridgehead atoms. The Balaban J connectivity index is 4.20. The van der Waals surface area contributed by atoms with Crippen molar-refractivity contribution in [2.75, 3.05) is 13.2 Å². The first-order valence-corrected chi connectivity index (χ1v) is 7.31. The van der Waals surface area contributed by atoms with Crippen LogP contribution in [0.4, 0.5) is 0 Å². The summed E-state index contributed by atoms with van der Waals surface area (Å²) in [6, 6.07) is 0.473. The van der Waals surface area contributed by atoms with E-state index in [1.807, 2.05) is 0 Å². The molecule has 1 unspecified atom stereocenters. The lowest BCUT2D eigenvalue weighted by atomic mass is 9.92. The summed E-state index contributed by atoms with van der Waals surface area (Å²) in [6.07, 6.45) is 5.00. The van der Waals surface area contributed by atoms with E-state index in [0.29, 0.717) is 6.04 Å². The Hall–Kier alpha value is -0.0800. The molecule has 0 fully saturated rings. The van der Waals surface area contributed by atoms with Crippen molar-refractivity contribution in [3.63, 3.8) is 0 Å². The molecule has 0 rings (SSSR count). The molecule has 0 aliphatic rings. The largest absolute Gasteiger partial charge is 0.374 e. The summed E-state index contributed by atoms with van der Waals surface area (Å²) in [6.45, 7) is 15.2. The molecule has 0 aromatic heterocycles. The van der Waals surface area contributed by atoms with E-state index < -0.39 is 0 Å². The minimum Gasteiger partial charge on any atom is -0.374 e. The van der Waals surface area contributed by atoms with Gasteiger partial charge < -0.3 is 10.1 Å². The van der Waals surface area contributed by atoms with E-state index >= 15 is 0 Å². The van der Waals surface area contributed by atoms with Crippen LogP contribution < -0.4 is 5.32 Å². The third kappa shape index (κ3) is 7.77. The number of rotatable bonds is 10. The Morgan fingerprint density at radius 3 is 2.24 bits per heavy atom. The van der Waals surface area contributed by atoms with Gasteiger partial charge in [-0.15, -0.1) is 0 Å². The van der Waals surface area contributed by atoms with Gasteiger partial charge in [0.15, 0.2) is 0 Å². The van der Waals surface area contributed by atoms with Crippen LogP contribution in [-0.2, 0) is 4.74 Å². The standard InChI is InChI=1S/C15H33NO/c1-7-12-16-14(11-9-10-13(3)4)15(5,6)17-8-2/h13-14,16H,7-12H2,1-6H3. The van der Waals surface area contributed by atoms with Gasteiger partial charge in [0.1, 0.15) is 0 Å². The summed E-state index contributed by atoms with van der Waals surface area (Å²) >= 11 is 0. The maximum absolute atomic E-state index is 5.88. The van der Waals surface area contributed by atoms with Crippen molar-refractivity contribution in [1.29, 1.82) is 0 Å². The van der Waals surface area contributed by atoms with Crippen LogP contribution in [-0.4, -0.2) is 24.8 Å². The molecule has 104 valence electrons. The highest BCUT2D eigenvalue weighted by Gasteiger charge is 2.28. The first-order chi connectivity index (χ1) is 7.94. The average molecular weight is 243 g/mol. The van der Waals surface area contributed by atoms with Crippen LogP contribution in [0.2, 0.25) is 0 Å². The van der Waals surface area contributed by atoms with Gasteiger partial charge in [0, 0.05) is 12.6 Å². The molecule has 1 N–H and O–H groups in total. The normalized spacial score (nSPS) is 14.3. The molecule has 2 nitrogen and oxygen atoms in total. The van der Waals surface area contributed by atoms with Gasteiger partial charge in [0.25, 0.3) is 0 Å². The van der Waals surface area contributed by atoms with Crippen LogP contribution in [0.5, 0.6) is 0 Å². The van der Waals surface area contributed by atoms with Crippen molar-refractivity contribution in [2.45, 2.75) is 78.9 Å². The molecule has 0 aliphatic heterocycles. The molecule has 0 aliphatic carbocycles. The molecule has 0 saturated heterocycles. The van der Waals surface area contributed by atoms with Crippen molar-refractivity contribution in [1.82, 2.24) is 5.32 Å². The highest BCUT2D eigenvalue weighted by molar-refractivity contribution is 4.85. The summed E-state index contributed by atoms with van der Waals surface area (Å²) in [7, 11) is 0. The van der Waals surface area contributed by atoms with E-state index in [0.717, 1.165) is 19.1 Å². The molecule has 1 atom stereocenters. The third-order valence-corrected chi connectivity index (χ3v) is 3.27. The van der Waals surface area contributed by atoms with Crippen LogP contribution in [0.25, 0.3) is 0 Å². The summed E-state index contributed by atoms with van der Waals surface area (Å²) in [4.78, 5) is 0. The fourth-order valence-corrected chi connectivity index (χ4v) is 2.22. The van der Waals surface area contributed by atoms with Gasteiger partial charge in [-0.1, -0.05) is 33.6 Å². The minimum absolute atomic E-state index is 0.0547. The first-order valence-electron chi connectivity index (χ1n) is 7.31. The molecule has 0 amide bonds. The van der Waals surface area contributed by atoms with Crippen molar-refractivity contribution >= 4 is 0 Å². The SMILES string of the molecule is CCCNC(CCCC(C)C)C(C)(C)OCC. The number of hydrogen-bond acceptors (Lipinski definition) is 2. The fraction of sp³-hybridized carbons (Fsp3) is 1.00. The molecule has 0 radical (unpaired) electrons. The molecule has 0 spiro atoms. The maximum Gasteiger partial charge on any atom is 0.0778 e. The molecule has 2 heteroatoms. The maximum atomic E-state index is 5.88. The second kappa shape index (κ2) is 8.93. The van der Waals surface area contributed by atoms with E-state index in [1.54, 1.807) is 0 Å². The lowest BCUT2D eigenvalue weighted by Gasteiger charge is -2.35. The smallest absolute Gasteiger partial charge is 0.0778 e. The Bertz CT molecular complexity index is 178. The van der Waals surface area contributed by atoms with Gasteiger partial charge in [-0.25, -0.2) is 0 Å². The van der Waals surface area contributed by atoms with Crippen molar-refractivity contribution in [3.05, 3.63) is 0 Å². The monoisotopic (exact) mass is 243 g/mol. The molecule has 17 heavy (non-hydrogen) atoms. The predicted molar refractivity (Wildman–Crippen MR) is 76.5 cm³/mol. The molecule has 0 saturated carbocycles. The average Bonchev–Trinajstić information content (AvgIpc) is 2.22. The zero-order valence-electron chi connectivity index (χ0n) is 12.8. The van der Waals surface area contributed by atoms with Crippen molar-refractivity contribution in [3.8, 4) is 0 Å². The van der Waals surface area contributed by atoms with Crippen LogP contribution in [0.3, 0.4) is 0 Å². The Morgan fingerprint density at radius 2 is 1.76 bits per heavy atom. The zero-order valence-corrected chi connectivity index (χ0v) is 12.8. The van der Waals surface area contributed by atoms with E-state index in [2.05, 4.69) is 46.9 Å². The van der Waals surface area contributed by atoms with Gasteiger partial charge in [0.05, 0.1) is 5.60 Å². The summed E-state index contributed by atoms with van der Waals surface area (Å²) in [5.41, 5.74) is -0.0547.